The van der Waals surface area contributed by atoms with E-state index in [4.69, 9.17) is 21.1 Å². The third kappa shape index (κ3) is 5.95. The second kappa shape index (κ2) is 10.3. The van der Waals surface area contributed by atoms with Gasteiger partial charge in [0, 0.05) is 48.6 Å². The van der Waals surface area contributed by atoms with Gasteiger partial charge in [0.2, 0.25) is 0 Å². The molecule has 1 aromatic heterocycles. The van der Waals surface area contributed by atoms with E-state index in [0.29, 0.717) is 29.5 Å². The average molecular weight is 423 g/mol. The largest absolute Gasteiger partial charge is 0.489 e. The molecule has 1 saturated heterocycles. The number of benzene rings is 1. The molecule has 1 fully saturated rings. The van der Waals surface area contributed by atoms with Crippen LogP contribution in [0.4, 0.5) is 0 Å². The molecule has 7 heteroatoms. The summed E-state index contributed by atoms with van der Waals surface area (Å²) in [5, 5.41) is 3.25. The van der Waals surface area contributed by atoms with Crippen molar-refractivity contribution in [2.45, 2.75) is 32.4 Å². The smallest absolute Gasteiger partial charge is 0.251 e. The second-order valence-corrected chi connectivity index (χ2v) is 8.78. The molecular weight excluding hydrogens is 396 g/mol. The normalized spacial score (nSPS) is 15.5. The minimum Gasteiger partial charge on any atom is -0.489 e. The summed E-state index contributed by atoms with van der Waals surface area (Å²) in [6.45, 7) is 6.13. The first-order valence-electron chi connectivity index (χ1n) is 9.56. The van der Waals surface area contributed by atoms with Gasteiger partial charge in [0.15, 0.2) is 0 Å². The Morgan fingerprint density at radius 3 is 2.71 bits per heavy atom. The average Bonchev–Trinajstić information content (AvgIpc) is 3.09. The van der Waals surface area contributed by atoms with E-state index in [0.717, 1.165) is 32.5 Å². The summed E-state index contributed by atoms with van der Waals surface area (Å²) in [5.41, 5.74) is 0.523. The Kier molecular flexibility index (Phi) is 7.73. The number of ether oxygens (including phenoxy) is 2. The van der Waals surface area contributed by atoms with Crippen molar-refractivity contribution in [3.63, 3.8) is 0 Å². The number of hydrogen-bond acceptors (Lipinski definition) is 5. The molecule has 3 rings (SSSR count). The number of carbonyl (C=O) groups excluding carboxylic acids is 1. The number of methoxy groups -OCH3 is 1. The number of piperidine rings is 1. The monoisotopic (exact) mass is 422 g/mol. The van der Waals surface area contributed by atoms with Crippen molar-refractivity contribution in [1.82, 2.24) is 10.2 Å². The Morgan fingerprint density at radius 1 is 1.29 bits per heavy atom. The van der Waals surface area contributed by atoms with Gasteiger partial charge in [0.25, 0.3) is 5.91 Å². The first-order valence-corrected chi connectivity index (χ1v) is 10.8. The molecule has 1 amide bonds. The molecule has 2 aromatic rings. The standard InChI is InChI=1S/C21H27ClN2O3S/c1-15-3-5-18(28-15)14-24-10-7-17(8-11-24)27-20-6-4-16(13-19(20)22)21(25)23-9-12-26-2/h3-6,13,17H,7-12,14H2,1-2H3,(H,23,25). The molecule has 0 spiro atoms. The first kappa shape index (κ1) is 21.1. The van der Waals surface area contributed by atoms with Gasteiger partial charge in [-0.2, -0.15) is 0 Å². The Labute approximate surface area is 175 Å². The Balaban J connectivity index is 1.48. The van der Waals surface area contributed by atoms with E-state index in [-0.39, 0.29) is 12.0 Å². The second-order valence-electron chi connectivity index (χ2n) is 7.00. The van der Waals surface area contributed by atoms with Crippen LogP contribution in [-0.2, 0) is 11.3 Å². The molecule has 5 nitrogen and oxygen atoms in total. The van der Waals surface area contributed by atoms with Crippen LogP contribution in [-0.4, -0.2) is 50.3 Å². The minimum absolute atomic E-state index is 0.153. The summed E-state index contributed by atoms with van der Waals surface area (Å²) in [5.74, 6) is 0.477. The van der Waals surface area contributed by atoms with Crippen LogP contribution in [0, 0.1) is 6.92 Å². The van der Waals surface area contributed by atoms with Crippen LogP contribution in [0.5, 0.6) is 5.75 Å². The summed E-state index contributed by atoms with van der Waals surface area (Å²) < 4.78 is 11.0. The van der Waals surface area contributed by atoms with Crippen LogP contribution < -0.4 is 10.1 Å². The van der Waals surface area contributed by atoms with Crippen molar-refractivity contribution >= 4 is 28.8 Å². The minimum atomic E-state index is -0.164. The van der Waals surface area contributed by atoms with Gasteiger partial charge in [-0.3, -0.25) is 9.69 Å². The van der Waals surface area contributed by atoms with Crippen LogP contribution in [0.25, 0.3) is 0 Å². The molecule has 0 atom stereocenters. The van der Waals surface area contributed by atoms with Crippen LogP contribution in [0.1, 0.15) is 33.0 Å². The molecular formula is C21H27ClN2O3S. The van der Waals surface area contributed by atoms with E-state index in [2.05, 4.69) is 29.3 Å². The Bertz CT molecular complexity index is 788. The molecule has 0 aliphatic carbocycles. The number of rotatable bonds is 8. The molecule has 2 heterocycles. The summed E-state index contributed by atoms with van der Waals surface area (Å²) in [6.07, 6.45) is 2.10. The van der Waals surface area contributed by atoms with Crippen molar-refractivity contribution in [3.05, 3.63) is 50.7 Å². The lowest BCUT2D eigenvalue weighted by atomic mass is 10.1. The van der Waals surface area contributed by atoms with E-state index in [1.807, 2.05) is 11.3 Å². The Morgan fingerprint density at radius 2 is 2.07 bits per heavy atom. The van der Waals surface area contributed by atoms with Crippen molar-refractivity contribution in [3.8, 4) is 5.75 Å². The topological polar surface area (TPSA) is 50.8 Å². The lowest BCUT2D eigenvalue weighted by Gasteiger charge is -2.32. The zero-order valence-electron chi connectivity index (χ0n) is 16.4. The predicted molar refractivity (Wildman–Crippen MR) is 114 cm³/mol. The van der Waals surface area contributed by atoms with Gasteiger partial charge in [-0.1, -0.05) is 11.6 Å². The third-order valence-electron chi connectivity index (χ3n) is 4.79. The van der Waals surface area contributed by atoms with E-state index >= 15 is 0 Å². The lowest BCUT2D eigenvalue weighted by Crippen LogP contribution is -2.37. The van der Waals surface area contributed by atoms with Crippen LogP contribution in [0.15, 0.2) is 30.3 Å². The molecule has 1 aliphatic heterocycles. The van der Waals surface area contributed by atoms with E-state index in [1.54, 1.807) is 25.3 Å². The molecule has 0 unspecified atom stereocenters. The van der Waals surface area contributed by atoms with E-state index in [1.165, 1.54) is 9.75 Å². The Hall–Kier alpha value is -1.60. The zero-order chi connectivity index (χ0) is 19.9. The fourth-order valence-corrected chi connectivity index (χ4v) is 4.42. The fourth-order valence-electron chi connectivity index (χ4n) is 3.26. The van der Waals surface area contributed by atoms with Gasteiger partial charge >= 0.3 is 0 Å². The summed E-state index contributed by atoms with van der Waals surface area (Å²) in [6, 6.07) is 9.59. The number of hydrogen-bond donors (Lipinski definition) is 1. The highest BCUT2D eigenvalue weighted by molar-refractivity contribution is 7.11. The number of thiophene rings is 1. The van der Waals surface area contributed by atoms with Gasteiger partial charge in [0.1, 0.15) is 11.9 Å². The molecule has 1 aliphatic rings. The SMILES string of the molecule is COCCNC(=O)c1ccc(OC2CCN(Cc3ccc(C)s3)CC2)c(Cl)c1. The van der Waals surface area contributed by atoms with Crippen molar-refractivity contribution in [2.75, 3.05) is 33.4 Å². The first-order chi connectivity index (χ1) is 13.5. The number of carbonyl (C=O) groups is 1. The highest BCUT2D eigenvalue weighted by Crippen LogP contribution is 2.29. The molecule has 152 valence electrons. The van der Waals surface area contributed by atoms with Crippen molar-refractivity contribution in [2.24, 2.45) is 0 Å². The number of nitrogens with zero attached hydrogens (tertiary/aromatic N) is 1. The molecule has 1 N–H and O–H groups in total. The van der Waals surface area contributed by atoms with Crippen molar-refractivity contribution in [1.29, 1.82) is 0 Å². The highest BCUT2D eigenvalue weighted by Gasteiger charge is 2.22. The van der Waals surface area contributed by atoms with E-state index in [9.17, 15) is 4.79 Å². The molecule has 0 saturated carbocycles. The van der Waals surface area contributed by atoms with Crippen LogP contribution in [0.2, 0.25) is 5.02 Å². The van der Waals surface area contributed by atoms with Gasteiger partial charge in [-0.05, 0) is 50.1 Å². The van der Waals surface area contributed by atoms with E-state index < -0.39 is 0 Å². The maximum Gasteiger partial charge on any atom is 0.251 e. The molecule has 0 bridgehead atoms. The third-order valence-corrected chi connectivity index (χ3v) is 6.07. The number of aryl methyl sites for hydroxylation is 1. The molecule has 28 heavy (non-hydrogen) atoms. The zero-order valence-corrected chi connectivity index (χ0v) is 17.9. The summed E-state index contributed by atoms with van der Waals surface area (Å²) in [7, 11) is 1.60. The van der Waals surface area contributed by atoms with Gasteiger partial charge in [-0.25, -0.2) is 0 Å². The quantitative estimate of drug-likeness (QED) is 0.650. The van der Waals surface area contributed by atoms with Crippen molar-refractivity contribution < 1.29 is 14.3 Å². The van der Waals surface area contributed by atoms with Gasteiger partial charge < -0.3 is 14.8 Å². The van der Waals surface area contributed by atoms with Gasteiger partial charge in [0.05, 0.1) is 11.6 Å². The number of halogens is 1. The number of amides is 1. The summed E-state index contributed by atoms with van der Waals surface area (Å²) in [4.78, 5) is 17.3. The highest BCUT2D eigenvalue weighted by atomic mass is 35.5. The number of nitrogens with one attached hydrogen (secondary N) is 1. The maximum absolute atomic E-state index is 12.1. The maximum atomic E-state index is 12.1. The fraction of sp³-hybridized carbons (Fsp3) is 0.476. The van der Waals surface area contributed by atoms with Crippen LogP contribution >= 0.6 is 22.9 Å². The van der Waals surface area contributed by atoms with Crippen LogP contribution in [0.3, 0.4) is 0 Å². The summed E-state index contributed by atoms with van der Waals surface area (Å²) >= 11 is 8.22. The van der Waals surface area contributed by atoms with Gasteiger partial charge in [-0.15, -0.1) is 11.3 Å². The molecule has 0 radical (unpaired) electrons. The molecule has 1 aromatic carbocycles. The lowest BCUT2D eigenvalue weighted by molar-refractivity contribution is 0.0935. The number of likely N-dealkylation sites (tertiary alicyclic amines) is 1. The predicted octanol–water partition coefficient (Wildman–Crippen LogP) is 4.13.